The second-order valence-electron chi connectivity index (χ2n) is 14.8. The molecule has 2 atom stereocenters. The third-order valence-corrected chi connectivity index (χ3v) is 16.2. The van der Waals surface area contributed by atoms with E-state index in [4.69, 9.17) is 21.6 Å². The van der Waals surface area contributed by atoms with E-state index in [-0.39, 0.29) is 58.8 Å². The van der Waals surface area contributed by atoms with Gasteiger partial charge < -0.3 is 9.80 Å². The Morgan fingerprint density at radius 1 is 0.684 bits per heavy atom. The Hall–Kier alpha value is -4.44. The van der Waals surface area contributed by atoms with Crippen molar-refractivity contribution in [2.75, 3.05) is 49.1 Å². The van der Waals surface area contributed by atoms with Crippen LogP contribution in [0.4, 0.5) is 11.4 Å². The fourth-order valence-corrected chi connectivity index (χ4v) is 12.6. The standard InChI is InChI=1S/C42H38BrClN6O5S2/c1-26-11-12-27(2)39(21-26)56(52,53)48-17-15-47(16-18-48)36-22-28-7-3-5-9-32(28)45-40(36)42(51)41-37(23-29-8-4-6-10-33(29)46-41)49-19-20-50(35-25-34(35)49)57(54,55)38-14-13-30(43)24-31(38)44/h3-14,21-24,34-35H,15-20,25H2,1-2H3. The molecule has 1 aliphatic carbocycles. The van der Waals surface area contributed by atoms with Crippen molar-refractivity contribution < 1.29 is 21.6 Å². The number of nitrogens with zero attached hydrogens (tertiary/aromatic N) is 6. The van der Waals surface area contributed by atoms with Crippen molar-refractivity contribution in [3.05, 3.63) is 129 Å². The summed E-state index contributed by atoms with van der Waals surface area (Å²) in [7, 11) is -7.62. The summed E-state index contributed by atoms with van der Waals surface area (Å²) >= 11 is 9.79. The number of benzene rings is 4. The van der Waals surface area contributed by atoms with Gasteiger partial charge in [0, 0.05) is 66.6 Å². The van der Waals surface area contributed by atoms with Crippen LogP contribution in [-0.2, 0) is 20.0 Å². The van der Waals surface area contributed by atoms with Crippen LogP contribution < -0.4 is 9.80 Å². The van der Waals surface area contributed by atoms with Crippen molar-refractivity contribution in [2.24, 2.45) is 0 Å². The molecule has 2 unspecified atom stereocenters. The Morgan fingerprint density at radius 2 is 1.32 bits per heavy atom. The van der Waals surface area contributed by atoms with Crippen LogP contribution in [0.25, 0.3) is 21.8 Å². The van der Waals surface area contributed by atoms with Gasteiger partial charge in [0.2, 0.25) is 25.8 Å². The maximum Gasteiger partial charge on any atom is 0.244 e. The number of halogens is 2. The molecule has 3 aliphatic rings. The molecule has 0 radical (unpaired) electrons. The predicted molar refractivity (Wildman–Crippen MR) is 226 cm³/mol. The van der Waals surface area contributed by atoms with Gasteiger partial charge >= 0.3 is 0 Å². The maximum absolute atomic E-state index is 15.1. The van der Waals surface area contributed by atoms with Crippen LogP contribution in [0.5, 0.6) is 0 Å². The van der Waals surface area contributed by atoms with Crippen LogP contribution in [0, 0.1) is 13.8 Å². The summed E-state index contributed by atoms with van der Waals surface area (Å²) in [5.74, 6) is -0.365. The minimum Gasteiger partial charge on any atom is -0.367 e. The summed E-state index contributed by atoms with van der Waals surface area (Å²) < 4.78 is 59.2. The zero-order valence-corrected chi connectivity index (χ0v) is 35.1. The number of fused-ring (bicyclic) bond motifs is 3. The highest BCUT2D eigenvalue weighted by atomic mass is 79.9. The minimum atomic E-state index is -3.88. The van der Waals surface area contributed by atoms with Crippen LogP contribution in [-0.4, -0.2) is 92.5 Å². The Labute approximate surface area is 345 Å². The monoisotopic (exact) mass is 884 g/mol. The molecule has 2 aliphatic heterocycles. The molecule has 3 fully saturated rings. The number of para-hydroxylation sites is 2. The lowest BCUT2D eigenvalue weighted by atomic mass is 10.0. The number of hydrogen-bond acceptors (Lipinski definition) is 9. The van der Waals surface area contributed by atoms with E-state index in [1.165, 1.54) is 14.7 Å². The van der Waals surface area contributed by atoms with Crippen molar-refractivity contribution in [1.82, 2.24) is 18.6 Å². The number of sulfonamides is 2. The molecule has 15 heteroatoms. The summed E-state index contributed by atoms with van der Waals surface area (Å²) in [4.78, 5) is 29.6. The minimum absolute atomic E-state index is 0.0633. The molecule has 0 N–H and O–H groups in total. The molecule has 2 aromatic heterocycles. The lowest BCUT2D eigenvalue weighted by Crippen LogP contribution is -2.49. The maximum atomic E-state index is 15.1. The molecule has 57 heavy (non-hydrogen) atoms. The molecule has 0 spiro atoms. The molecule has 9 rings (SSSR count). The second-order valence-corrected chi connectivity index (χ2v) is 19.9. The fraction of sp³-hybridized carbons (Fsp3) is 0.262. The average molecular weight is 886 g/mol. The summed E-state index contributed by atoms with van der Waals surface area (Å²) in [6.07, 6.45) is 0.586. The van der Waals surface area contributed by atoms with E-state index >= 15 is 4.79 Å². The van der Waals surface area contributed by atoms with Crippen LogP contribution in [0.3, 0.4) is 0 Å². The van der Waals surface area contributed by atoms with Crippen molar-refractivity contribution in [3.63, 3.8) is 0 Å². The zero-order chi connectivity index (χ0) is 39.8. The molecule has 4 aromatic carbocycles. The van der Waals surface area contributed by atoms with Crippen LogP contribution >= 0.6 is 27.5 Å². The lowest BCUT2D eigenvalue weighted by Gasteiger charge is -2.37. The molecule has 11 nitrogen and oxygen atoms in total. The number of ketones is 1. The summed E-state index contributed by atoms with van der Waals surface area (Å²) in [5.41, 5.74) is 4.55. The van der Waals surface area contributed by atoms with Gasteiger partial charge in [-0.2, -0.15) is 8.61 Å². The van der Waals surface area contributed by atoms with Crippen LogP contribution in [0.15, 0.2) is 111 Å². The summed E-state index contributed by atoms with van der Waals surface area (Å²) in [5, 5.41) is 1.86. The lowest BCUT2D eigenvalue weighted by molar-refractivity contribution is 0.103. The quantitative estimate of drug-likeness (QED) is 0.146. The van der Waals surface area contributed by atoms with Gasteiger partial charge in [0.15, 0.2) is 0 Å². The van der Waals surface area contributed by atoms with Gasteiger partial charge in [-0.3, -0.25) is 4.79 Å². The van der Waals surface area contributed by atoms with Crippen molar-refractivity contribution >= 4 is 86.5 Å². The molecule has 6 aromatic rings. The van der Waals surface area contributed by atoms with E-state index in [1.807, 2.05) is 91.5 Å². The highest BCUT2D eigenvalue weighted by Gasteiger charge is 2.54. The van der Waals surface area contributed by atoms with Gasteiger partial charge in [-0.1, -0.05) is 76.1 Å². The smallest absolute Gasteiger partial charge is 0.244 e. The van der Waals surface area contributed by atoms with E-state index in [0.717, 1.165) is 16.3 Å². The number of piperazine rings is 2. The number of anilines is 2. The summed E-state index contributed by atoms with van der Waals surface area (Å²) in [6, 6.07) is 28.9. The number of carbonyl (C=O) groups is 1. The number of pyridine rings is 2. The van der Waals surface area contributed by atoms with Crippen molar-refractivity contribution in [1.29, 1.82) is 0 Å². The first kappa shape index (κ1) is 38.1. The van der Waals surface area contributed by atoms with Crippen molar-refractivity contribution in [2.45, 2.75) is 42.1 Å². The third-order valence-electron chi connectivity index (χ3n) is 11.2. The molecular formula is C42H38BrClN6O5S2. The molecular weight excluding hydrogens is 848 g/mol. The van der Waals surface area contributed by atoms with Crippen LogP contribution in [0.2, 0.25) is 5.02 Å². The molecule has 0 bridgehead atoms. The second kappa shape index (κ2) is 14.4. The zero-order valence-electron chi connectivity index (χ0n) is 31.1. The topological polar surface area (TPSA) is 124 Å². The number of aryl methyl sites for hydroxylation is 2. The number of carbonyl (C=O) groups excluding carboxylic acids is 1. The van der Waals surface area contributed by atoms with Crippen LogP contribution in [0.1, 0.15) is 33.7 Å². The normalized spacial score (nSPS) is 19.2. The Balaban J connectivity index is 1.06. The molecule has 0 amide bonds. The van der Waals surface area contributed by atoms with Gasteiger partial charge in [0.05, 0.1) is 32.3 Å². The summed E-state index contributed by atoms with van der Waals surface area (Å²) in [6.45, 7) is 5.40. The Kier molecular flexibility index (Phi) is 9.65. The molecule has 4 heterocycles. The third kappa shape index (κ3) is 6.79. The van der Waals surface area contributed by atoms with Gasteiger partial charge in [0.25, 0.3) is 0 Å². The average Bonchev–Trinajstić information content (AvgIpc) is 4.01. The van der Waals surface area contributed by atoms with E-state index in [0.29, 0.717) is 63.4 Å². The van der Waals surface area contributed by atoms with Gasteiger partial charge in [-0.25, -0.2) is 26.8 Å². The largest absolute Gasteiger partial charge is 0.367 e. The van der Waals surface area contributed by atoms with E-state index in [1.54, 1.807) is 18.2 Å². The highest BCUT2D eigenvalue weighted by Crippen LogP contribution is 2.45. The number of aromatic nitrogens is 2. The number of rotatable bonds is 8. The highest BCUT2D eigenvalue weighted by molar-refractivity contribution is 9.10. The van der Waals surface area contributed by atoms with Crippen molar-refractivity contribution in [3.8, 4) is 0 Å². The van der Waals surface area contributed by atoms with E-state index in [9.17, 15) is 16.8 Å². The molecule has 292 valence electrons. The van der Waals surface area contributed by atoms with Gasteiger partial charge in [-0.15, -0.1) is 0 Å². The van der Waals surface area contributed by atoms with E-state index < -0.39 is 20.0 Å². The van der Waals surface area contributed by atoms with Gasteiger partial charge in [-0.05, 0) is 79.9 Å². The first-order valence-electron chi connectivity index (χ1n) is 18.7. The Morgan fingerprint density at radius 3 is 1.98 bits per heavy atom. The van der Waals surface area contributed by atoms with E-state index in [2.05, 4.69) is 20.8 Å². The first-order valence-corrected chi connectivity index (χ1v) is 22.8. The Bertz CT molecular complexity index is 2850. The fourth-order valence-electron chi connectivity index (χ4n) is 8.17. The number of hydrogen-bond donors (Lipinski definition) is 0. The SMILES string of the molecule is Cc1ccc(C)c(S(=O)(=O)N2CCN(c3cc4ccccc4nc3C(=O)c3nc4ccccc4cc3N3CCN(S(=O)(=O)c4ccc(Br)cc4Cl)C4CC43)CC2)c1. The first-order chi connectivity index (χ1) is 27.3. The van der Waals surface area contributed by atoms with Gasteiger partial charge in [0.1, 0.15) is 16.3 Å². The molecule has 1 saturated carbocycles. The molecule has 2 saturated heterocycles. The predicted octanol–water partition coefficient (Wildman–Crippen LogP) is 7.21.